The lowest BCUT2D eigenvalue weighted by Crippen LogP contribution is -2.33. The molecule has 2 aromatic heterocycles. The fourth-order valence-electron chi connectivity index (χ4n) is 5.38. The number of carbonyl (C=O) groups excluding carboxylic acids is 1. The second-order valence-electron chi connectivity index (χ2n) is 10.2. The number of aromatic nitrogens is 2. The summed E-state index contributed by atoms with van der Waals surface area (Å²) >= 11 is 14.7. The van der Waals surface area contributed by atoms with E-state index in [4.69, 9.17) is 37.4 Å². The van der Waals surface area contributed by atoms with Crippen LogP contribution in [0.25, 0.3) is 21.5 Å². The number of thiazole rings is 1. The predicted molar refractivity (Wildman–Crippen MR) is 155 cm³/mol. The van der Waals surface area contributed by atoms with Crippen molar-refractivity contribution >= 4 is 61.7 Å². The molecule has 0 bridgehead atoms. The van der Waals surface area contributed by atoms with Gasteiger partial charge in [0.1, 0.15) is 11.5 Å². The monoisotopic (exact) mass is 582 g/mol. The van der Waals surface area contributed by atoms with Gasteiger partial charge in [-0.1, -0.05) is 52.7 Å². The first-order valence-electron chi connectivity index (χ1n) is 13.3. The third-order valence-corrected chi connectivity index (χ3v) is 9.26. The number of fused-ring (bicyclic) bond motifs is 1. The molecule has 4 aromatic rings. The van der Waals surface area contributed by atoms with Crippen molar-refractivity contribution in [2.75, 3.05) is 11.4 Å². The average Bonchev–Trinajstić information content (AvgIpc) is 3.31. The number of hydrogen-bond donors (Lipinski definition) is 0. The normalized spacial score (nSPS) is 18.0. The van der Waals surface area contributed by atoms with Crippen LogP contribution in [0, 0.1) is 0 Å². The maximum Gasteiger partial charge on any atom is 0.240 e. The Bertz CT molecular complexity index is 1520. The van der Waals surface area contributed by atoms with Crippen LogP contribution in [0.2, 0.25) is 10.0 Å². The van der Waals surface area contributed by atoms with E-state index in [-0.39, 0.29) is 6.10 Å². The molecule has 2 atom stereocenters. The fraction of sp³-hybridized carbons (Fsp3) is 0.414. The zero-order valence-electron chi connectivity index (χ0n) is 21.5. The highest BCUT2D eigenvalue weighted by atomic mass is 35.5. The van der Waals surface area contributed by atoms with Gasteiger partial charge in [-0.3, -0.25) is 0 Å². The van der Waals surface area contributed by atoms with E-state index in [1.54, 1.807) is 23.5 Å². The molecule has 0 radical (unpaired) electrons. The van der Waals surface area contributed by atoms with E-state index in [2.05, 4.69) is 22.0 Å². The number of isocyanates is 1. The molecule has 0 amide bonds. The number of rotatable bonds is 10. The van der Waals surface area contributed by atoms with Crippen LogP contribution in [-0.4, -0.2) is 34.9 Å². The van der Waals surface area contributed by atoms with Crippen LogP contribution < -0.4 is 4.90 Å². The molecule has 1 aliphatic carbocycles. The number of anilines is 1. The predicted octanol–water partition coefficient (Wildman–Crippen LogP) is 8.46. The summed E-state index contributed by atoms with van der Waals surface area (Å²) in [6.45, 7) is 3.53. The summed E-state index contributed by atoms with van der Waals surface area (Å²) < 4.78 is 13.4. The largest absolute Gasteiger partial charge is 0.373 e. The maximum absolute atomic E-state index is 10.7. The summed E-state index contributed by atoms with van der Waals surface area (Å²) in [5.41, 5.74) is 3.84. The average molecular weight is 584 g/mol. The summed E-state index contributed by atoms with van der Waals surface area (Å²) in [5, 5.41) is 6.50. The molecule has 39 heavy (non-hydrogen) atoms. The first-order valence-corrected chi connectivity index (χ1v) is 14.9. The lowest BCUT2D eigenvalue weighted by molar-refractivity contribution is 0.0281. The Morgan fingerprint density at radius 2 is 2.05 bits per heavy atom. The smallest absolute Gasteiger partial charge is 0.240 e. The molecule has 6 rings (SSSR count). The molecule has 7 nitrogen and oxygen atoms in total. The van der Waals surface area contributed by atoms with Crippen molar-refractivity contribution in [2.45, 2.75) is 70.1 Å². The summed E-state index contributed by atoms with van der Waals surface area (Å²) in [4.78, 5) is 21.7. The molecule has 1 saturated carbocycles. The van der Waals surface area contributed by atoms with Gasteiger partial charge in [-0.05, 0) is 68.9 Å². The molecule has 2 aliphatic rings. The SMILES string of the molecule is CC[C@@H](CC1CCCN1c1nc2ccc(N=C=O)cc2s1)OCc1c(-c2c(Cl)cccc2Cl)noc1C1CC1. The lowest BCUT2D eigenvalue weighted by atomic mass is 10.0. The summed E-state index contributed by atoms with van der Waals surface area (Å²) in [5.74, 6) is 1.28. The first kappa shape index (κ1) is 26.5. The fourth-order valence-corrected chi connectivity index (χ4v) is 7.06. The molecule has 1 saturated heterocycles. The van der Waals surface area contributed by atoms with Gasteiger partial charge < -0.3 is 14.2 Å². The Morgan fingerprint density at radius 3 is 2.79 bits per heavy atom. The van der Waals surface area contributed by atoms with Crippen molar-refractivity contribution in [3.05, 3.63) is 57.8 Å². The van der Waals surface area contributed by atoms with Gasteiger partial charge in [-0.25, -0.2) is 9.78 Å². The zero-order chi connectivity index (χ0) is 26.9. The van der Waals surface area contributed by atoms with Gasteiger partial charge in [-0.2, -0.15) is 4.99 Å². The van der Waals surface area contributed by atoms with Gasteiger partial charge in [0.05, 0.1) is 38.7 Å². The first-order chi connectivity index (χ1) is 19.1. The molecule has 10 heteroatoms. The Morgan fingerprint density at radius 1 is 1.23 bits per heavy atom. The summed E-state index contributed by atoms with van der Waals surface area (Å²) in [6, 6.07) is 11.4. The second kappa shape index (κ2) is 11.4. The molecule has 2 fully saturated rings. The van der Waals surface area contributed by atoms with E-state index >= 15 is 0 Å². The van der Waals surface area contributed by atoms with E-state index in [1.165, 1.54) is 0 Å². The molecular weight excluding hydrogens is 555 g/mol. The van der Waals surface area contributed by atoms with Crippen LogP contribution in [0.1, 0.15) is 62.7 Å². The zero-order valence-corrected chi connectivity index (χ0v) is 23.9. The highest BCUT2D eigenvalue weighted by Gasteiger charge is 2.34. The molecule has 0 spiro atoms. The minimum absolute atomic E-state index is 0.0648. The van der Waals surface area contributed by atoms with Crippen LogP contribution in [0.15, 0.2) is 45.9 Å². The Kier molecular flexibility index (Phi) is 7.74. The van der Waals surface area contributed by atoms with Crippen molar-refractivity contribution in [1.82, 2.24) is 10.1 Å². The van der Waals surface area contributed by atoms with Gasteiger partial charge in [0.2, 0.25) is 6.08 Å². The van der Waals surface area contributed by atoms with Gasteiger partial charge in [0.15, 0.2) is 5.13 Å². The van der Waals surface area contributed by atoms with Crippen molar-refractivity contribution in [3.8, 4) is 11.3 Å². The molecular formula is C29H28Cl2N4O3S. The molecule has 202 valence electrons. The van der Waals surface area contributed by atoms with Crippen molar-refractivity contribution in [2.24, 2.45) is 4.99 Å². The molecule has 1 aliphatic heterocycles. The number of ether oxygens (including phenoxy) is 1. The Labute approximate surface area is 240 Å². The van der Waals surface area contributed by atoms with E-state index in [0.717, 1.165) is 71.7 Å². The third kappa shape index (κ3) is 5.49. The van der Waals surface area contributed by atoms with E-state index in [0.29, 0.717) is 45.6 Å². The van der Waals surface area contributed by atoms with Crippen molar-refractivity contribution in [3.63, 3.8) is 0 Å². The number of nitrogens with zero attached hydrogens (tertiary/aromatic N) is 4. The lowest BCUT2D eigenvalue weighted by Gasteiger charge is -2.27. The van der Waals surface area contributed by atoms with Crippen molar-refractivity contribution < 1.29 is 14.1 Å². The molecule has 2 aromatic carbocycles. The second-order valence-corrected chi connectivity index (χ2v) is 12.0. The highest BCUT2D eigenvalue weighted by molar-refractivity contribution is 7.22. The van der Waals surface area contributed by atoms with Gasteiger partial charge in [0, 0.05) is 29.6 Å². The topological polar surface area (TPSA) is 80.8 Å². The van der Waals surface area contributed by atoms with Crippen LogP contribution in [0.3, 0.4) is 0 Å². The van der Waals surface area contributed by atoms with Crippen LogP contribution in [0.4, 0.5) is 10.8 Å². The molecule has 3 heterocycles. The standard InChI is InChI=1S/C29H28Cl2N4O3S/c1-2-20(14-19-5-4-12-35(19)29-33-24-11-10-18(32-16-36)13-25(24)39-29)37-15-21-27(34-38-28(21)17-8-9-17)26-22(30)6-3-7-23(26)31/h3,6-7,10-11,13,17,19-20H,2,4-5,8-9,12,14-15H2,1H3/t19?,20-/m0/s1. The third-order valence-electron chi connectivity index (χ3n) is 7.58. The molecule has 0 N–H and O–H groups in total. The van der Waals surface area contributed by atoms with Gasteiger partial charge in [-0.15, -0.1) is 0 Å². The van der Waals surface area contributed by atoms with Crippen LogP contribution in [-0.2, 0) is 16.1 Å². The minimum atomic E-state index is 0.0648. The number of benzene rings is 2. The Balaban J connectivity index is 1.19. The highest BCUT2D eigenvalue weighted by Crippen LogP contribution is 2.46. The van der Waals surface area contributed by atoms with Gasteiger partial charge >= 0.3 is 0 Å². The number of aliphatic imine (C=N–C) groups is 1. The van der Waals surface area contributed by atoms with Crippen LogP contribution in [0.5, 0.6) is 0 Å². The van der Waals surface area contributed by atoms with Crippen LogP contribution >= 0.6 is 34.5 Å². The summed E-state index contributed by atoms with van der Waals surface area (Å²) in [7, 11) is 0. The van der Waals surface area contributed by atoms with Crippen molar-refractivity contribution in [1.29, 1.82) is 0 Å². The number of hydrogen-bond acceptors (Lipinski definition) is 8. The van der Waals surface area contributed by atoms with Gasteiger partial charge in [0.25, 0.3) is 0 Å². The minimum Gasteiger partial charge on any atom is -0.373 e. The van der Waals surface area contributed by atoms with E-state index < -0.39 is 0 Å². The quantitative estimate of drug-likeness (QED) is 0.138. The summed E-state index contributed by atoms with van der Waals surface area (Å²) in [6.07, 6.45) is 7.87. The molecule has 1 unspecified atom stereocenters. The van der Waals surface area contributed by atoms with E-state index in [9.17, 15) is 4.79 Å². The van der Waals surface area contributed by atoms with E-state index in [1.807, 2.05) is 30.3 Å². The Hall–Kier alpha value is -2.74. The number of halogens is 2. The maximum atomic E-state index is 10.7.